The second-order valence-corrected chi connectivity index (χ2v) is 26.3. The van der Waals surface area contributed by atoms with Gasteiger partial charge in [0.1, 0.15) is 61.3 Å². The number of nitrogens with two attached hydrogens (primary N) is 2. The topological polar surface area (TPSA) is 479 Å². The third-order valence-electron chi connectivity index (χ3n) is 14.9. The van der Waals surface area contributed by atoms with Gasteiger partial charge in [-0.15, -0.1) is 0 Å². The molecular formula is C53H69F2N15O20P2S. The zero-order valence-electron chi connectivity index (χ0n) is 50.3. The number of phosphoric ester groups is 1. The van der Waals surface area contributed by atoms with Crippen LogP contribution in [0.5, 0.6) is 0 Å². The number of nitrogen functional groups attached to an aromatic ring is 1. The number of aromatic nitrogens is 8. The first kappa shape index (κ1) is 71.0. The van der Waals surface area contributed by atoms with Crippen molar-refractivity contribution in [2.75, 3.05) is 57.6 Å². The van der Waals surface area contributed by atoms with Crippen LogP contribution in [0.3, 0.4) is 0 Å². The molecule has 3 saturated heterocycles. The Balaban J connectivity index is 0.796. The number of ether oxygens (including phenoxy) is 4. The zero-order chi connectivity index (χ0) is 67.5. The molecule has 506 valence electrons. The van der Waals surface area contributed by atoms with Crippen molar-refractivity contribution in [1.29, 1.82) is 0 Å². The first-order chi connectivity index (χ1) is 44.1. The Kier molecular flexibility index (Phi) is 23.9. The lowest BCUT2D eigenvalue weighted by atomic mass is 9.89. The predicted octanol–water partition coefficient (Wildman–Crippen LogP) is 1.93. The first-order valence-corrected chi connectivity index (χ1v) is 32.9. The van der Waals surface area contributed by atoms with E-state index in [1.165, 1.54) is 20.3 Å². The molecule has 0 saturated carbocycles. The number of esters is 1. The van der Waals surface area contributed by atoms with Crippen molar-refractivity contribution in [3.63, 3.8) is 0 Å². The molecule has 3 aliphatic rings. The number of aliphatic carboxylic acids is 1. The summed E-state index contributed by atoms with van der Waals surface area (Å²) in [5.74, 6) is -6.29. The maximum Gasteiger partial charge on any atom is 0.472 e. The number of fused-ring (bicyclic) bond motifs is 4. The van der Waals surface area contributed by atoms with Gasteiger partial charge in [-0.3, -0.25) is 51.5 Å². The lowest BCUT2D eigenvalue weighted by Gasteiger charge is -2.28. The molecule has 0 bridgehead atoms. The minimum atomic E-state index is -5.26. The van der Waals surface area contributed by atoms with E-state index in [1.807, 2.05) is 0 Å². The Labute approximate surface area is 532 Å². The zero-order valence-corrected chi connectivity index (χ0v) is 52.9. The number of urea groups is 1. The van der Waals surface area contributed by atoms with Crippen molar-refractivity contribution in [2.45, 2.75) is 121 Å². The molecule has 7 heterocycles. The normalized spacial score (nSPS) is 24.9. The largest absolute Gasteiger partial charge is 0.481 e. The van der Waals surface area contributed by atoms with Gasteiger partial charge in [-0.25, -0.2) is 52.8 Å². The van der Waals surface area contributed by atoms with Crippen molar-refractivity contribution >= 4 is 108 Å². The number of ketones is 1. The van der Waals surface area contributed by atoms with Crippen LogP contribution in [0.1, 0.15) is 76.6 Å². The van der Waals surface area contributed by atoms with Crippen LogP contribution in [0, 0.1) is 17.8 Å². The summed E-state index contributed by atoms with van der Waals surface area (Å²) in [6.45, 7) is -2.01. The van der Waals surface area contributed by atoms with Crippen molar-refractivity contribution in [3.8, 4) is 0 Å². The van der Waals surface area contributed by atoms with Crippen molar-refractivity contribution in [1.82, 2.24) is 59.9 Å². The molecule has 6 amide bonds. The van der Waals surface area contributed by atoms with Crippen LogP contribution in [0.2, 0.25) is 0 Å². The van der Waals surface area contributed by atoms with Crippen molar-refractivity contribution in [3.05, 3.63) is 60.8 Å². The molecule has 3 unspecified atom stereocenters. The maximum absolute atomic E-state index is 16.6. The number of nitrogens with one attached hydrogen (secondary N) is 4. The van der Waals surface area contributed by atoms with E-state index < -0.39 is 155 Å². The summed E-state index contributed by atoms with van der Waals surface area (Å²) in [5.41, 5.74) is 12.1. The number of imidazole rings is 2. The Morgan fingerprint density at radius 3 is 2.09 bits per heavy atom. The molecule has 1 aromatic carbocycles. The van der Waals surface area contributed by atoms with E-state index >= 15 is 8.78 Å². The highest BCUT2D eigenvalue weighted by molar-refractivity contribution is 8.07. The van der Waals surface area contributed by atoms with E-state index in [1.54, 1.807) is 38.1 Å². The summed E-state index contributed by atoms with van der Waals surface area (Å²) in [5, 5.41) is 19.4. The smallest absolute Gasteiger partial charge is 0.472 e. The predicted molar refractivity (Wildman–Crippen MR) is 319 cm³/mol. The molecule has 4 aromatic heterocycles. The summed E-state index contributed by atoms with van der Waals surface area (Å²) in [6, 6.07) is 4.48. The van der Waals surface area contributed by atoms with Crippen LogP contribution >= 0.6 is 14.5 Å². The number of nitrogens with zero attached hydrogens (tertiary/aromatic N) is 9. The van der Waals surface area contributed by atoms with Crippen LogP contribution in [0.15, 0.2) is 49.6 Å². The number of carboxylic acids is 1. The van der Waals surface area contributed by atoms with Crippen LogP contribution in [0.4, 0.5) is 29.9 Å². The fraction of sp³-hybridized carbons (Fsp3) is 0.547. The number of amides is 6. The molecule has 3 aliphatic heterocycles. The first-order valence-electron chi connectivity index (χ1n) is 28.9. The molecule has 0 aliphatic carbocycles. The number of hydrogen-bond donors (Lipinski definition) is 9. The molecule has 40 heteroatoms. The molecule has 13 atom stereocenters. The number of carbonyl (C=O) groups is 8. The Morgan fingerprint density at radius 2 is 1.44 bits per heavy atom. The number of anilines is 2. The van der Waals surface area contributed by atoms with E-state index in [2.05, 4.69) is 51.2 Å². The van der Waals surface area contributed by atoms with Gasteiger partial charge in [0.05, 0.1) is 56.5 Å². The SMILES string of the molecule is CC(CC(=O)NCCC(=O)N[C@H](C(=O)C[C@@H](CCCNC(N)=O)C(=O)Nc1ccc(COC(=O)N(C)CCOC(=O)Cc2ncnc3c2ncn3[C@@H]2O[C@@H]3COP(O)(=S)O[C@H]4[C@@H](F)[C@H](n5cnc6c(N)ncnc65)O[C@@H]4COP(=O)(O)O[C@H]3[C@H]2F)cc1)C(C)C)C(=O)O. The molecule has 93 heavy (non-hydrogen) atoms. The van der Waals surface area contributed by atoms with E-state index in [0.29, 0.717) is 11.3 Å². The number of rotatable bonds is 26. The van der Waals surface area contributed by atoms with Crippen LogP contribution in [0.25, 0.3) is 22.3 Å². The van der Waals surface area contributed by atoms with Gasteiger partial charge in [-0.2, -0.15) is 0 Å². The van der Waals surface area contributed by atoms with Gasteiger partial charge in [0.15, 0.2) is 47.7 Å². The second-order valence-electron chi connectivity index (χ2n) is 22.1. The number of primary amides is 1. The highest BCUT2D eigenvalue weighted by atomic mass is 32.5. The monoisotopic (exact) mass is 1370 g/mol. The van der Waals surface area contributed by atoms with Crippen molar-refractivity contribution in [2.24, 2.45) is 23.5 Å². The third kappa shape index (κ3) is 18.7. The average molecular weight is 1370 g/mol. The number of phosphoric acid groups is 1. The van der Waals surface area contributed by atoms with Crippen LogP contribution in [-0.2, 0) is 95.2 Å². The molecule has 0 spiro atoms. The van der Waals surface area contributed by atoms with Gasteiger partial charge in [0, 0.05) is 51.0 Å². The summed E-state index contributed by atoms with van der Waals surface area (Å²) in [4.78, 5) is 148. The summed E-state index contributed by atoms with van der Waals surface area (Å²) < 4.78 is 92.7. The number of likely N-dealkylation sites (N-methyl/N-ethyl adjacent to an activating group) is 1. The van der Waals surface area contributed by atoms with Gasteiger partial charge in [0.25, 0.3) is 0 Å². The second kappa shape index (κ2) is 31.4. The number of alkyl halides is 2. The minimum absolute atomic E-state index is 0.000740. The number of hydrogen-bond acceptors (Lipinski definition) is 25. The summed E-state index contributed by atoms with van der Waals surface area (Å²) in [6.07, 6.45) is -11.8. The third-order valence-corrected chi connectivity index (χ3v) is 17.4. The Hall–Kier alpha value is -7.90. The number of carbonyl (C=O) groups excluding carboxylic acids is 7. The van der Waals surface area contributed by atoms with Crippen molar-refractivity contribution < 1.29 is 104 Å². The quantitative estimate of drug-likeness (QED) is 0.0217. The van der Waals surface area contributed by atoms with Gasteiger partial charge in [0.2, 0.25) is 17.7 Å². The lowest BCUT2D eigenvalue weighted by molar-refractivity contribution is -0.143. The summed E-state index contributed by atoms with van der Waals surface area (Å²) >= 11 is 5.21. The van der Waals surface area contributed by atoms with Gasteiger partial charge < -0.3 is 76.0 Å². The molecule has 5 aromatic rings. The Morgan fingerprint density at radius 1 is 0.817 bits per heavy atom. The highest BCUT2D eigenvalue weighted by Gasteiger charge is 2.54. The van der Waals surface area contributed by atoms with Gasteiger partial charge in [-0.05, 0) is 48.3 Å². The average Bonchev–Trinajstić information content (AvgIpc) is 1.63. The number of halogens is 2. The maximum atomic E-state index is 16.6. The summed E-state index contributed by atoms with van der Waals surface area (Å²) in [7, 11) is -3.86. The number of benzene rings is 1. The highest BCUT2D eigenvalue weighted by Crippen LogP contribution is 2.54. The van der Waals surface area contributed by atoms with Crippen LogP contribution < -0.4 is 32.7 Å². The van der Waals surface area contributed by atoms with E-state index in [-0.39, 0.29) is 98.8 Å². The van der Waals surface area contributed by atoms with Crippen LogP contribution in [-0.4, -0.2) is 196 Å². The Bertz CT molecular complexity index is 3650. The molecule has 35 nitrogen and oxygen atoms in total. The fourth-order valence-electron chi connectivity index (χ4n) is 9.96. The molecule has 0 radical (unpaired) electrons. The molecule has 3 fully saturated rings. The van der Waals surface area contributed by atoms with E-state index in [0.717, 1.165) is 33.0 Å². The van der Waals surface area contributed by atoms with E-state index in [9.17, 15) is 52.7 Å². The lowest BCUT2D eigenvalue weighted by Crippen LogP contribution is -2.46. The van der Waals surface area contributed by atoms with Gasteiger partial charge >= 0.3 is 38.6 Å². The van der Waals surface area contributed by atoms with Gasteiger partial charge in [-0.1, -0.05) is 32.9 Å². The molecule has 11 N–H and O–H groups in total. The molecule has 8 rings (SSSR count). The minimum Gasteiger partial charge on any atom is -0.481 e. The number of carboxylic acid groups (broad SMARTS) is 1. The fourth-order valence-corrected chi connectivity index (χ4v) is 12.4. The standard InChI is InChI=1S/C53H69F2N15O20P2S/c1-26(2)40(67-35(72)11-13-58-36(73)16-27(3)51(76)77)32(71)17-29(6-5-12-59-52(57)78)48(75)66-30-9-7-28(8-10-30)19-84-53(79)68(4)14-15-83-37(74)18-31-41-46(62-22-60-31)69(24-64-41)49-38(54)43-34(88-49)21-86-92(82,93)90-44-33(20-85-91(80,81)89-43)87-50(39(44)55)70-25-65-42-45(56)61-23-63-47(42)70/h7-10,22-27,29,33-34,38-40,43-44,49-50H,5-6,11-21H2,1-4H3,(H,58,73)(H,66,75)(H,67,72)(H,76,77)(H,80,81)(H,82,93)(H2,56,61,63)(H3,57,59,78)/t27?,29-,33-,34-,38-,39-,40+,43-,44-,49-,50-,92?/m1/s1. The molecular weight excluding hydrogens is 1300 g/mol. The number of Topliss-reactive ketones (excluding diaryl/α,β-unsaturated/α-hetero) is 1. The van der Waals surface area contributed by atoms with E-state index in [4.69, 9.17) is 65.4 Å².